The number of benzene rings is 2. The molecule has 0 saturated carbocycles. The van der Waals surface area contributed by atoms with Crippen LogP contribution in [0.5, 0.6) is 11.5 Å². The molecule has 1 aromatic heterocycles. The molecule has 1 aliphatic rings. The number of rotatable bonds is 5. The number of aryl methyl sites for hydroxylation is 1. The summed E-state index contributed by atoms with van der Waals surface area (Å²) >= 11 is 6.20. The van der Waals surface area contributed by atoms with E-state index in [1.807, 2.05) is 0 Å². The second-order valence-electron chi connectivity index (χ2n) is 8.26. The second-order valence-corrected chi connectivity index (χ2v) is 8.66. The second kappa shape index (κ2) is 8.81. The zero-order chi connectivity index (χ0) is 22.1. The van der Waals surface area contributed by atoms with Gasteiger partial charge in [0.25, 0.3) is 5.91 Å². The average molecular weight is 443 g/mol. The Bertz CT molecular complexity index is 1120. The maximum Gasteiger partial charge on any atom is 0.259 e. The van der Waals surface area contributed by atoms with Crippen molar-refractivity contribution in [1.82, 2.24) is 4.90 Å². The Morgan fingerprint density at radius 3 is 2.87 bits per heavy atom. The molecule has 1 unspecified atom stereocenters. The van der Waals surface area contributed by atoms with Crippen LogP contribution in [0.2, 0.25) is 5.02 Å². The predicted octanol–water partition coefficient (Wildman–Crippen LogP) is 5.59. The van der Waals surface area contributed by atoms with Gasteiger partial charge in [0.1, 0.15) is 22.8 Å². The Labute approximate surface area is 186 Å². The van der Waals surface area contributed by atoms with E-state index >= 15 is 0 Å². The zero-order valence-corrected chi connectivity index (χ0v) is 18.8. The molecule has 2 aromatic carbocycles. The summed E-state index contributed by atoms with van der Waals surface area (Å²) in [6, 6.07) is 8.42. The molecule has 4 rings (SSSR count). The number of hydrogen-bond donors (Lipinski definition) is 2. The van der Waals surface area contributed by atoms with Crippen molar-refractivity contribution in [3.63, 3.8) is 0 Å². The molecular weight excluding hydrogens is 416 g/mol. The lowest BCUT2D eigenvalue weighted by Gasteiger charge is -2.31. The Balaban J connectivity index is 1.70. The molecular formula is C24H27ClN2O4. The number of hydrogen-bond acceptors (Lipinski definition) is 5. The minimum absolute atomic E-state index is 0.174. The number of anilines is 1. The number of halogens is 1. The first-order valence-electron chi connectivity index (χ1n) is 10.5. The van der Waals surface area contributed by atoms with Crippen molar-refractivity contribution in [2.24, 2.45) is 5.92 Å². The summed E-state index contributed by atoms with van der Waals surface area (Å²) < 4.78 is 11.1. The lowest BCUT2D eigenvalue weighted by Crippen LogP contribution is -2.33. The van der Waals surface area contributed by atoms with Gasteiger partial charge < -0.3 is 19.6 Å². The van der Waals surface area contributed by atoms with E-state index in [1.54, 1.807) is 37.3 Å². The highest BCUT2D eigenvalue weighted by Gasteiger charge is 2.25. The van der Waals surface area contributed by atoms with Gasteiger partial charge >= 0.3 is 0 Å². The highest BCUT2D eigenvalue weighted by molar-refractivity contribution is 6.32. The molecule has 1 aliphatic heterocycles. The molecule has 2 N–H and O–H groups in total. The summed E-state index contributed by atoms with van der Waals surface area (Å²) in [6.45, 7) is 6.52. The number of amides is 1. The molecule has 1 amide bonds. The highest BCUT2D eigenvalue weighted by Crippen LogP contribution is 2.36. The van der Waals surface area contributed by atoms with Gasteiger partial charge in [0.15, 0.2) is 0 Å². The minimum atomic E-state index is -0.309. The van der Waals surface area contributed by atoms with E-state index in [1.165, 1.54) is 13.5 Å². The Hall–Kier alpha value is -2.70. The molecule has 2 heterocycles. The van der Waals surface area contributed by atoms with Gasteiger partial charge in [0.05, 0.1) is 17.7 Å². The van der Waals surface area contributed by atoms with Crippen LogP contribution in [-0.4, -0.2) is 36.1 Å². The molecule has 0 spiro atoms. The van der Waals surface area contributed by atoms with Crippen molar-refractivity contribution in [3.8, 4) is 11.5 Å². The van der Waals surface area contributed by atoms with E-state index in [9.17, 15) is 9.90 Å². The number of phenols is 1. The van der Waals surface area contributed by atoms with Gasteiger partial charge in [-0.25, -0.2) is 0 Å². The first-order chi connectivity index (χ1) is 14.9. The normalized spacial score (nSPS) is 17.1. The maximum atomic E-state index is 13.2. The number of carbonyl (C=O) groups is 1. The van der Waals surface area contributed by atoms with Gasteiger partial charge in [-0.05, 0) is 62.6 Å². The Morgan fingerprint density at radius 2 is 2.16 bits per heavy atom. The van der Waals surface area contributed by atoms with E-state index in [4.69, 9.17) is 20.8 Å². The number of methoxy groups -OCH3 is 1. The third kappa shape index (κ3) is 4.36. The Kier molecular flexibility index (Phi) is 6.12. The van der Waals surface area contributed by atoms with Gasteiger partial charge in [0, 0.05) is 29.7 Å². The predicted molar refractivity (Wildman–Crippen MR) is 122 cm³/mol. The van der Waals surface area contributed by atoms with Crippen molar-refractivity contribution in [2.75, 3.05) is 25.5 Å². The molecule has 0 aliphatic carbocycles. The van der Waals surface area contributed by atoms with Gasteiger partial charge in [-0.2, -0.15) is 0 Å². The van der Waals surface area contributed by atoms with E-state index in [2.05, 4.69) is 17.1 Å². The largest absolute Gasteiger partial charge is 0.508 e. The van der Waals surface area contributed by atoms with Crippen LogP contribution in [-0.2, 0) is 6.54 Å². The summed E-state index contributed by atoms with van der Waals surface area (Å²) in [5.41, 5.74) is 2.30. The molecule has 0 bridgehead atoms. The van der Waals surface area contributed by atoms with Crippen LogP contribution in [0.3, 0.4) is 0 Å². The van der Waals surface area contributed by atoms with E-state index < -0.39 is 0 Å². The summed E-state index contributed by atoms with van der Waals surface area (Å²) in [7, 11) is 1.54. The number of phenolic OH excluding ortho intramolecular Hbond substituents is 1. The number of piperidine rings is 1. The lowest BCUT2D eigenvalue weighted by molar-refractivity contribution is 0.102. The van der Waals surface area contributed by atoms with Crippen molar-refractivity contribution >= 4 is 34.2 Å². The molecule has 3 aromatic rings. The monoisotopic (exact) mass is 442 g/mol. The van der Waals surface area contributed by atoms with Crippen molar-refractivity contribution in [1.29, 1.82) is 0 Å². The lowest BCUT2D eigenvalue weighted by atomic mass is 9.98. The number of likely N-dealkylation sites (tertiary alicyclic amines) is 1. The van der Waals surface area contributed by atoms with Crippen molar-refractivity contribution < 1.29 is 19.1 Å². The topological polar surface area (TPSA) is 74.9 Å². The SMILES string of the molecule is COc1ccc(NC(=O)c2c(C)oc3ccc(O)c(CN4CCCC(C)C4)c23)cc1Cl. The Morgan fingerprint density at radius 1 is 1.35 bits per heavy atom. The van der Waals surface area contributed by atoms with Gasteiger partial charge in [0.2, 0.25) is 0 Å². The number of nitrogens with zero attached hydrogens (tertiary/aromatic N) is 1. The number of furan rings is 1. The summed E-state index contributed by atoms with van der Waals surface area (Å²) in [4.78, 5) is 15.6. The number of aromatic hydroxyl groups is 1. The smallest absolute Gasteiger partial charge is 0.259 e. The molecule has 1 atom stereocenters. The van der Waals surface area contributed by atoms with Crippen molar-refractivity contribution in [2.45, 2.75) is 33.2 Å². The first kappa shape index (κ1) is 21.5. The summed E-state index contributed by atoms with van der Waals surface area (Å²) in [5, 5.41) is 14.6. The summed E-state index contributed by atoms with van der Waals surface area (Å²) in [6.07, 6.45) is 2.35. The molecule has 1 fully saturated rings. The molecule has 31 heavy (non-hydrogen) atoms. The van der Waals surface area contributed by atoms with Crippen LogP contribution in [0.4, 0.5) is 5.69 Å². The van der Waals surface area contributed by atoms with Gasteiger partial charge in [-0.15, -0.1) is 0 Å². The molecule has 1 saturated heterocycles. The fraction of sp³-hybridized carbons (Fsp3) is 0.375. The zero-order valence-electron chi connectivity index (χ0n) is 18.0. The molecule has 6 nitrogen and oxygen atoms in total. The van der Waals surface area contributed by atoms with E-state index in [0.717, 1.165) is 25.1 Å². The highest BCUT2D eigenvalue weighted by atomic mass is 35.5. The quantitative estimate of drug-likeness (QED) is 0.538. The molecule has 0 radical (unpaired) electrons. The third-order valence-corrected chi connectivity index (χ3v) is 6.17. The van der Waals surface area contributed by atoms with E-state index in [-0.39, 0.29) is 11.7 Å². The van der Waals surface area contributed by atoms with E-state index in [0.29, 0.717) is 51.2 Å². The number of fused-ring (bicyclic) bond motifs is 1. The van der Waals surface area contributed by atoms with Crippen LogP contribution in [0.15, 0.2) is 34.7 Å². The number of ether oxygens (including phenoxy) is 1. The number of nitrogens with one attached hydrogen (secondary N) is 1. The average Bonchev–Trinajstić information content (AvgIpc) is 3.07. The standard InChI is InChI=1S/C24H27ClN2O4/c1-14-5-4-10-27(12-14)13-17-19(28)7-9-21-23(17)22(15(2)31-21)24(29)26-16-6-8-20(30-3)18(25)11-16/h6-9,11,14,28H,4-5,10,12-13H2,1-3H3,(H,26,29). The summed E-state index contributed by atoms with van der Waals surface area (Å²) in [5.74, 6) is 1.52. The van der Waals surface area contributed by atoms with Crippen molar-refractivity contribution in [3.05, 3.63) is 52.2 Å². The van der Waals surface area contributed by atoms with Crippen LogP contribution in [0, 0.1) is 12.8 Å². The number of carbonyl (C=O) groups excluding carboxylic acids is 1. The minimum Gasteiger partial charge on any atom is -0.508 e. The fourth-order valence-corrected chi connectivity index (χ4v) is 4.65. The molecule has 164 valence electrons. The van der Waals surface area contributed by atoms with Crippen LogP contribution < -0.4 is 10.1 Å². The van der Waals surface area contributed by atoms with Crippen LogP contribution in [0.1, 0.15) is 41.4 Å². The molecule has 7 heteroatoms. The van der Waals surface area contributed by atoms with Gasteiger partial charge in [-0.1, -0.05) is 18.5 Å². The first-order valence-corrected chi connectivity index (χ1v) is 10.9. The van der Waals surface area contributed by atoms with Crippen LogP contribution in [0.25, 0.3) is 11.0 Å². The van der Waals surface area contributed by atoms with Crippen LogP contribution >= 0.6 is 11.6 Å². The third-order valence-electron chi connectivity index (χ3n) is 5.87. The van der Waals surface area contributed by atoms with Gasteiger partial charge in [-0.3, -0.25) is 9.69 Å². The fourth-order valence-electron chi connectivity index (χ4n) is 4.39. The maximum absolute atomic E-state index is 13.2.